The molecular weight excluding hydrogens is 250 g/mol. The molecule has 0 bridgehead atoms. The zero-order valence-corrected chi connectivity index (χ0v) is 11.2. The van der Waals surface area contributed by atoms with E-state index in [0.29, 0.717) is 6.79 Å². The van der Waals surface area contributed by atoms with Crippen molar-refractivity contribution >= 4 is 12.2 Å². The number of fused-ring (bicyclic) bond motifs is 1. The van der Waals surface area contributed by atoms with Crippen LogP contribution in [0.3, 0.4) is 0 Å². The molecule has 1 aromatic carbocycles. The van der Waals surface area contributed by atoms with E-state index in [2.05, 4.69) is 29.4 Å². The fraction of sp³-hybridized carbons (Fsp3) is 0.118. The number of rotatable bonds is 4. The van der Waals surface area contributed by atoms with Crippen molar-refractivity contribution in [2.24, 2.45) is 0 Å². The number of pyridine rings is 1. The van der Waals surface area contributed by atoms with Gasteiger partial charge in [0.2, 0.25) is 12.5 Å². The van der Waals surface area contributed by atoms with E-state index in [1.54, 1.807) is 0 Å². The van der Waals surface area contributed by atoms with E-state index in [0.717, 1.165) is 29.3 Å². The largest absolute Gasteiger partial charge is 0.454 e. The van der Waals surface area contributed by atoms with E-state index in [4.69, 9.17) is 9.47 Å². The van der Waals surface area contributed by atoms with Crippen molar-refractivity contribution < 1.29 is 14.0 Å². The zero-order valence-electron chi connectivity index (χ0n) is 11.2. The molecule has 0 atom stereocenters. The lowest BCUT2D eigenvalue weighted by Gasteiger charge is -1.99. The second-order valence-electron chi connectivity index (χ2n) is 4.51. The van der Waals surface area contributed by atoms with Crippen molar-refractivity contribution in [2.75, 3.05) is 6.79 Å². The first-order chi connectivity index (χ1) is 9.86. The molecule has 1 aromatic heterocycles. The molecule has 1 aliphatic rings. The summed E-state index contributed by atoms with van der Waals surface area (Å²) in [5, 5.41) is 0. The highest BCUT2D eigenvalue weighted by Gasteiger charge is 2.12. The summed E-state index contributed by atoms with van der Waals surface area (Å²) in [4.78, 5) is 0. The van der Waals surface area contributed by atoms with E-state index in [1.165, 1.54) is 0 Å². The monoisotopic (exact) mass is 266 g/mol. The highest BCUT2D eigenvalue weighted by atomic mass is 16.7. The summed E-state index contributed by atoms with van der Waals surface area (Å²) in [5.41, 5.74) is 2.22. The first kappa shape index (κ1) is 12.5. The average Bonchev–Trinajstić information content (AvgIpc) is 2.94. The molecule has 2 heterocycles. The molecule has 0 N–H and O–H groups in total. The summed E-state index contributed by atoms with van der Waals surface area (Å²) >= 11 is 0. The van der Waals surface area contributed by atoms with Crippen LogP contribution < -0.4 is 14.0 Å². The molecule has 0 saturated heterocycles. The van der Waals surface area contributed by atoms with Crippen LogP contribution in [0.5, 0.6) is 11.5 Å². The number of aromatic nitrogens is 1. The number of nitrogens with zero attached hydrogens (tertiary/aromatic N) is 1. The topological polar surface area (TPSA) is 22.3 Å². The average molecular weight is 266 g/mol. The number of hydrogen-bond acceptors (Lipinski definition) is 2. The smallest absolute Gasteiger partial charge is 0.231 e. The molecule has 0 fully saturated rings. The van der Waals surface area contributed by atoms with E-state index in [9.17, 15) is 0 Å². The standard InChI is InChI=1S/C17H16NO2/c1-2-10-18-11-4-3-5-15(18)8-6-14-7-9-16-17(12-14)20-13-19-16/h2-9,11-12H,1,10,13H2/q+1/b8-6+. The van der Waals surface area contributed by atoms with Crippen molar-refractivity contribution in [1.82, 2.24) is 0 Å². The van der Waals surface area contributed by atoms with E-state index in [1.807, 2.05) is 42.6 Å². The van der Waals surface area contributed by atoms with Gasteiger partial charge < -0.3 is 9.47 Å². The van der Waals surface area contributed by atoms with Gasteiger partial charge in [-0.25, -0.2) is 0 Å². The summed E-state index contributed by atoms with van der Waals surface area (Å²) in [6.07, 6.45) is 8.08. The summed E-state index contributed by atoms with van der Waals surface area (Å²) in [6, 6.07) is 12.1. The van der Waals surface area contributed by atoms with Gasteiger partial charge in [0.25, 0.3) is 0 Å². The normalized spacial score (nSPS) is 12.8. The first-order valence-electron chi connectivity index (χ1n) is 6.54. The molecule has 0 radical (unpaired) electrons. The molecule has 0 aliphatic carbocycles. The Morgan fingerprint density at radius 1 is 1.10 bits per heavy atom. The molecule has 3 nitrogen and oxygen atoms in total. The van der Waals surface area contributed by atoms with Gasteiger partial charge in [0, 0.05) is 18.2 Å². The van der Waals surface area contributed by atoms with E-state index < -0.39 is 0 Å². The van der Waals surface area contributed by atoms with Gasteiger partial charge in [0.1, 0.15) is 0 Å². The lowest BCUT2D eigenvalue weighted by atomic mass is 10.1. The SMILES string of the molecule is C=CC[n+]1ccccc1/C=C/c1ccc2c(c1)OCO2. The Morgan fingerprint density at radius 3 is 2.90 bits per heavy atom. The predicted octanol–water partition coefficient (Wildman–Crippen LogP) is 3.06. The van der Waals surface area contributed by atoms with Crippen LogP contribution in [0, 0.1) is 0 Å². The summed E-state index contributed by atoms with van der Waals surface area (Å²) in [7, 11) is 0. The van der Waals surface area contributed by atoms with Crippen LogP contribution >= 0.6 is 0 Å². The molecule has 0 amide bonds. The Hall–Kier alpha value is -2.55. The van der Waals surface area contributed by atoms with Crippen molar-refractivity contribution in [1.29, 1.82) is 0 Å². The molecule has 3 rings (SSSR count). The third kappa shape index (κ3) is 2.57. The Labute approximate surface area is 118 Å². The third-order valence-electron chi connectivity index (χ3n) is 3.14. The van der Waals surface area contributed by atoms with Gasteiger partial charge in [0.05, 0.1) is 0 Å². The minimum atomic E-state index is 0.306. The lowest BCUT2D eigenvalue weighted by Crippen LogP contribution is -2.35. The molecule has 2 aromatic rings. The lowest BCUT2D eigenvalue weighted by molar-refractivity contribution is -0.688. The number of allylic oxidation sites excluding steroid dienone is 1. The van der Waals surface area contributed by atoms with Gasteiger partial charge in [0.15, 0.2) is 24.2 Å². The van der Waals surface area contributed by atoms with Crippen LogP contribution in [0.1, 0.15) is 11.3 Å². The van der Waals surface area contributed by atoms with Crippen molar-refractivity contribution in [3.63, 3.8) is 0 Å². The second kappa shape index (κ2) is 5.61. The van der Waals surface area contributed by atoms with Gasteiger partial charge in [-0.2, -0.15) is 4.57 Å². The van der Waals surface area contributed by atoms with Gasteiger partial charge >= 0.3 is 0 Å². The quantitative estimate of drug-likeness (QED) is 0.627. The zero-order chi connectivity index (χ0) is 13.8. The minimum absolute atomic E-state index is 0.306. The van der Waals surface area contributed by atoms with Gasteiger partial charge in [-0.1, -0.05) is 12.6 Å². The van der Waals surface area contributed by atoms with Crippen LogP contribution in [-0.2, 0) is 6.54 Å². The van der Waals surface area contributed by atoms with Crippen molar-refractivity contribution in [3.05, 3.63) is 66.5 Å². The highest BCUT2D eigenvalue weighted by Crippen LogP contribution is 2.32. The van der Waals surface area contributed by atoms with Gasteiger partial charge in [-0.3, -0.25) is 0 Å². The van der Waals surface area contributed by atoms with Crippen LogP contribution in [-0.4, -0.2) is 6.79 Å². The fourth-order valence-electron chi connectivity index (χ4n) is 2.14. The molecule has 100 valence electrons. The van der Waals surface area contributed by atoms with Gasteiger partial charge in [-0.05, 0) is 35.9 Å². The maximum Gasteiger partial charge on any atom is 0.231 e. The predicted molar refractivity (Wildman–Crippen MR) is 78.3 cm³/mol. The van der Waals surface area contributed by atoms with E-state index >= 15 is 0 Å². The number of benzene rings is 1. The summed E-state index contributed by atoms with van der Waals surface area (Å²) in [6.45, 7) is 4.88. The molecule has 0 unspecified atom stereocenters. The summed E-state index contributed by atoms with van der Waals surface area (Å²) in [5.74, 6) is 1.61. The number of ether oxygens (including phenoxy) is 2. The molecule has 3 heteroatoms. The second-order valence-corrected chi connectivity index (χ2v) is 4.51. The molecule has 1 aliphatic heterocycles. The third-order valence-corrected chi connectivity index (χ3v) is 3.14. The van der Waals surface area contributed by atoms with E-state index in [-0.39, 0.29) is 0 Å². The Bertz CT molecular complexity index is 662. The molecule has 0 saturated carbocycles. The molecular formula is C17H16NO2+. The van der Waals surface area contributed by atoms with Crippen molar-refractivity contribution in [2.45, 2.75) is 6.54 Å². The Morgan fingerprint density at radius 2 is 2.00 bits per heavy atom. The maximum absolute atomic E-state index is 5.38. The fourth-order valence-corrected chi connectivity index (χ4v) is 2.14. The van der Waals surface area contributed by atoms with Crippen LogP contribution in [0.25, 0.3) is 12.2 Å². The Kier molecular flexibility index (Phi) is 3.50. The maximum atomic E-state index is 5.38. The van der Waals surface area contributed by atoms with Crippen LogP contribution in [0.4, 0.5) is 0 Å². The van der Waals surface area contributed by atoms with Crippen molar-refractivity contribution in [3.8, 4) is 11.5 Å². The minimum Gasteiger partial charge on any atom is -0.454 e. The van der Waals surface area contributed by atoms with Crippen LogP contribution in [0.15, 0.2) is 55.3 Å². The number of hydrogen-bond donors (Lipinski definition) is 0. The summed E-state index contributed by atoms with van der Waals surface area (Å²) < 4.78 is 12.8. The van der Waals surface area contributed by atoms with Crippen LogP contribution in [0.2, 0.25) is 0 Å². The van der Waals surface area contributed by atoms with Gasteiger partial charge in [-0.15, -0.1) is 0 Å². The first-order valence-corrected chi connectivity index (χ1v) is 6.54. The highest BCUT2D eigenvalue weighted by molar-refractivity contribution is 5.68. The Balaban J connectivity index is 1.85. The molecule has 20 heavy (non-hydrogen) atoms. The molecule has 0 spiro atoms.